The van der Waals surface area contributed by atoms with Crippen molar-refractivity contribution in [3.05, 3.63) is 81.9 Å². The lowest BCUT2D eigenvalue weighted by molar-refractivity contribution is -0.116. The predicted molar refractivity (Wildman–Crippen MR) is 132 cm³/mol. The highest BCUT2D eigenvalue weighted by atomic mass is 32.1. The minimum absolute atomic E-state index is 0.140. The predicted octanol–water partition coefficient (Wildman–Crippen LogP) is 4.74. The first-order valence-corrected chi connectivity index (χ1v) is 11.5. The van der Waals surface area contributed by atoms with Gasteiger partial charge in [0.15, 0.2) is 0 Å². The van der Waals surface area contributed by atoms with Gasteiger partial charge in [0.1, 0.15) is 11.4 Å². The van der Waals surface area contributed by atoms with Crippen LogP contribution in [0.25, 0.3) is 32.4 Å². The fraction of sp³-hybridized carbons (Fsp3) is 0.160. The molecular weight excluding hydrogens is 450 g/mol. The third-order valence-electron chi connectivity index (χ3n) is 5.43. The fourth-order valence-electron chi connectivity index (χ4n) is 3.77. The zero-order chi connectivity index (χ0) is 23.8. The molecule has 5 aromatic rings. The molecule has 34 heavy (non-hydrogen) atoms. The number of nitrogens with one attached hydrogen (secondary N) is 1. The van der Waals surface area contributed by atoms with Crippen LogP contribution in [0.2, 0.25) is 0 Å². The summed E-state index contributed by atoms with van der Waals surface area (Å²) < 4.78 is 6.82. The molecule has 8 nitrogen and oxygen atoms in total. The molecule has 1 amide bonds. The van der Waals surface area contributed by atoms with Gasteiger partial charge in [0, 0.05) is 11.3 Å². The van der Waals surface area contributed by atoms with Gasteiger partial charge < -0.3 is 9.84 Å². The van der Waals surface area contributed by atoms with Crippen LogP contribution in [0, 0.1) is 20.8 Å². The van der Waals surface area contributed by atoms with Gasteiger partial charge in [-0.3, -0.25) is 14.2 Å². The summed E-state index contributed by atoms with van der Waals surface area (Å²) >= 11 is 1.31. The lowest BCUT2D eigenvalue weighted by Gasteiger charge is -2.08. The first kappa shape index (κ1) is 21.7. The number of nitrogens with zero attached hydrogens (tertiary/aromatic N) is 4. The van der Waals surface area contributed by atoms with E-state index in [1.807, 2.05) is 63.2 Å². The largest absolute Gasteiger partial charge is 0.333 e. The number of hydrogen-bond donors (Lipinski definition) is 1. The first-order chi connectivity index (χ1) is 16.4. The Morgan fingerprint density at radius 3 is 2.62 bits per heavy atom. The van der Waals surface area contributed by atoms with Gasteiger partial charge in [-0.1, -0.05) is 41.1 Å². The lowest BCUT2D eigenvalue weighted by atomic mass is 10.1. The van der Waals surface area contributed by atoms with Crippen molar-refractivity contribution in [2.24, 2.45) is 0 Å². The number of amides is 1. The Labute approximate surface area is 198 Å². The Hall–Kier alpha value is -4.11. The van der Waals surface area contributed by atoms with E-state index in [4.69, 9.17) is 4.52 Å². The standard InChI is InChI=1S/C25H21N5O3S/c1-14-6-4-8-17(10-14)22-28-23(33-29-22)21-16(3)20-24(34-21)26-13-30(25(20)32)12-19(31)27-18-9-5-7-15(2)11-18/h4-11,13H,12H2,1-3H3,(H,27,31). The van der Waals surface area contributed by atoms with E-state index in [2.05, 4.69) is 20.4 Å². The Kier molecular flexibility index (Phi) is 5.54. The molecule has 0 radical (unpaired) electrons. The monoisotopic (exact) mass is 471 g/mol. The molecule has 0 aliphatic rings. The minimum Gasteiger partial charge on any atom is -0.333 e. The van der Waals surface area contributed by atoms with Crippen LogP contribution in [0.5, 0.6) is 0 Å². The van der Waals surface area contributed by atoms with Crippen LogP contribution in [0.4, 0.5) is 5.69 Å². The van der Waals surface area contributed by atoms with E-state index in [9.17, 15) is 9.59 Å². The van der Waals surface area contributed by atoms with E-state index >= 15 is 0 Å². The second-order valence-corrected chi connectivity index (χ2v) is 9.12. The molecular formula is C25H21N5O3S. The number of hydrogen-bond acceptors (Lipinski definition) is 7. The molecule has 9 heteroatoms. The van der Waals surface area contributed by atoms with E-state index in [0.717, 1.165) is 16.7 Å². The number of rotatable bonds is 5. The van der Waals surface area contributed by atoms with Gasteiger partial charge in [-0.2, -0.15) is 4.98 Å². The number of carbonyl (C=O) groups is 1. The molecule has 0 aliphatic heterocycles. The van der Waals surface area contributed by atoms with Crippen molar-refractivity contribution >= 4 is 33.1 Å². The highest BCUT2D eigenvalue weighted by molar-refractivity contribution is 7.22. The van der Waals surface area contributed by atoms with Crippen LogP contribution >= 0.6 is 11.3 Å². The minimum atomic E-state index is -0.304. The Balaban J connectivity index is 1.44. The summed E-state index contributed by atoms with van der Waals surface area (Å²) in [6.45, 7) is 5.63. The Morgan fingerprint density at radius 1 is 1.09 bits per heavy atom. The third-order valence-corrected chi connectivity index (χ3v) is 6.62. The second kappa shape index (κ2) is 8.68. The van der Waals surface area contributed by atoms with Gasteiger partial charge in [0.25, 0.3) is 11.4 Å². The van der Waals surface area contributed by atoms with E-state index in [0.29, 0.717) is 38.1 Å². The molecule has 0 aliphatic carbocycles. The summed E-state index contributed by atoms with van der Waals surface area (Å²) in [5, 5.41) is 7.37. The summed E-state index contributed by atoms with van der Waals surface area (Å²) in [6, 6.07) is 15.3. The van der Waals surface area contributed by atoms with Crippen molar-refractivity contribution in [2.75, 3.05) is 5.32 Å². The van der Waals surface area contributed by atoms with Gasteiger partial charge in [-0.15, -0.1) is 11.3 Å². The van der Waals surface area contributed by atoms with Gasteiger partial charge in [-0.25, -0.2) is 4.98 Å². The summed E-state index contributed by atoms with van der Waals surface area (Å²) in [7, 11) is 0. The number of benzene rings is 2. The Bertz CT molecular complexity index is 1600. The Morgan fingerprint density at radius 2 is 1.85 bits per heavy atom. The number of thiophene rings is 1. The first-order valence-electron chi connectivity index (χ1n) is 10.7. The van der Waals surface area contributed by atoms with Crippen LogP contribution in [0.1, 0.15) is 16.7 Å². The van der Waals surface area contributed by atoms with Gasteiger partial charge >= 0.3 is 0 Å². The number of fused-ring (bicyclic) bond motifs is 1. The maximum atomic E-state index is 13.2. The molecule has 1 N–H and O–H groups in total. The van der Waals surface area contributed by atoms with Crippen molar-refractivity contribution in [3.63, 3.8) is 0 Å². The third kappa shape index (κ3) is 4.13. The van der Waals surface area contributed by atoms with Gasteiger partial charge in [0.2, 0.25) is 11.7 Å². The summed E-state index contributed by atoms with van der Waals surface area (Å²) in [6.07, 6.45) is 1.40. The van der Waals surface area contributed by atoms with Crippen molar-refractivity contribution < 1.29 is 9.32 Å². The molecule has 0 saturated carbocycles. The average molecular weight is 472 g/mol. The fourth-order valence-corrected chi connectivity index (χ4v) is 4.83. The van der Waals surface area contributed by atoms with Crippen LogP contribution in [-0.2, 0) is 11.3 Å². The molecule has 0 bridgehead atoms. The van der Waals surface area contributed by atoms with E-state index in [1.165, 1.54) is 22.2 Å². The van der Waals surface area contributed by atoms with Crippen molar-refractivity contribution in [3.8, 4) is 22.2 Å². The normalized spacial score (nSPS) is 11.1. The van der Waals surface area contributed by atoms with Crippen molar-refractivity contribution in [2.45, 2.75) is 27.3 Å². The van der Waals surface area contributed by atoms with Crippen LogP contribution in [0.3, 0.4) is 0 Å². The molecule has 0 spiro atoms. The molecule has 0 unspecified atom stereocenters. The van der Waals surface area contributed by atoms with E-state index in [1.54, 1.807) is 6.07 Å². The zero-order valence-electron chi connectivity index (χ0n) is 18.8. The highest BCUT2D eigenvalue weighted by Gasteiger charge is 2.21. The summed E-state index contributed by atoms with van der Waals surface area (Å²) in [5.74, 6) is 0.510. The lowest BCUT2D eigenvalue weighted by Crippen LogP contribution is -2.27. The SMILES string of the molecule is Cc1cccc(NC(=O)Cn2cnc3sc(-c4nc(-c5cccc(C)c5)no4)c(C)c3c2=O)c1. The maximum absolute atomic E-state index is 13.2. The highest BCUT2D eigenvalue weighted by Crippen LogP contribution is 2.35. The molecule has 0 atom stereocenters. The molecule has 2 aromatic carbocycles. The second-order valence-electron chi connectivity index (χ2n) is 8.12. The molecule has 5 rings (SSSR count). The zero-order valence-corrected chi connectivity index (χ0v) is 19.6. The van der Waals surface area contributed by atoms with Crippen LogP contribution < -0.4 is 10.9 Å². The molecule has 0 saturated heterocycles. The quantitative estimate of drug-likeness (QED) is 0.397. The van der Waals surface area contributed by atoms with E-state index < -0.39 is 0 Å². The maximum Gasteiger partial charge on any atom is 0.268 e. The van der Waals surface area contributed by atoms with Gasteiger partial charge in [-0.05, 0) is 50.1 Å². The number of aryl methyl sites for hydroxylation is 3. The molecule has 3 aromatic heterocycles. The molecule has 3 heterocycles. The van der Waals surface area contributed by atoms with E-state index in [-0.39, 0.29) is 18.0 Å². The van der Waals surface area contributed by atoms with Crippen LogP contribution in [-0.4, -0.2) is 25.6 Å². The van der Waals surface area contributed by atoms with Crippen LogP contribution in [0.15, 0.2) is 64.2 Å². The number of aromatic nitrogens is 4. The van der Waals surface area contributed by atoms with Gasteiger partial charge in [0.05, 0.1) is 16.6 Å². The number of anilines is 1. The average Bonchev–Trinajstić information content (AvgIpc) is 3.41. The molecule has 170 valence electrons. The summed E-state index contributed by atoms with van der Waals surface area (Å²) in [5.41, 5.74) is 4.08. The summed E-state index contributed by atoms with van der Waals surface area (Å²) in [4.78, 5) is 35.9. The van der Waals surface area contributed by atoms with Crippen molar-refractivity contribution in [1.29, 1.82) is 0 Å². The topological polar surface area (TPSA) is 103 Å². The smallest absolute Gasteiger partial charge is 0.268 e. The number of carbonyl (C=O) groups excluding carboxylic acids is 1. The van der Waals surface area contributed by atoms with Crippen molar-refractivity contribution in [1.82, 2.24) is 19.7 Å². The molecule has 0 fully saturated rings.